The Hall–Kier alpha value is -2.57. The van der Waals surface area contributed by atoms with Gasteiger partial charge in [0.1, 0.15) is 6.61 Å². The van der Waals surface area contributed by atoms with Gasteiger partial charge in [0, 0.05) is 31.0 Å². The zero-order valence-corrected chi connectivity index (χ0v) is 21.2. The van der Waals surface area contributed by atoms with E-state index in [0.29, 0.717) is 26.1 Å². The summed E-state index contributed by atoms with van der Waals surface area (Å²) < 4.78 is 17.4. The molecule has 0 aromatic heterocycles. The number of hydrogen-bond donors (Lipinski definition) is 1. The van der Waals surface area contributed by atoms with E-state index < -0.39 is 6.10 Å². The number of rotatable bonds is 10. The Labute approximate surface area is 209 Å². The molecule has 1 heterocycles. The van der Waals surface area contributed by atoms with Crippen LogP contribution in [0, 0.1) is 5.41 Å². The van der Waals surface area contributed by atoms with E-state index in [-0.39, 0.29) is 23.4 Å². The zero-order valence-electron chi connectivity index (χ0n) is 21.2. The molecule has 0 amide bonds. The van der Waals surface area contributed by atoms with Gasteiger partial charge in [0.15, 0.2) is 11.5 Å². The molecule has 6 heteroatoms. The second-order valence-electron chi connectivity index (χ2n) is 10.3. The quantitative estimate of drug-likeness (QED) is 0.485. The average Bonchev–Trinajstić information content (AvgIpc) is 3.50. The van der Waals surface area contributed by atoms with E-state index in [1.165, 1.54) is 12.8 Å². The highest BCUT2D eigenvalue weighted by molar-refractivity contribution is 5.69. The molecule has 2 aromatic carbocycles. The van der Waals surface area contributed by atoms with E-state index >= 15 is 0 Å². The predicted molar refractivity (Wildman–Crippen MR) is 136 cm³/mol. The topological polar surface area (TPSA) is 68.2 Å². The van der Waals surface area contributed by atoms with Crippen LogP contribution >= 0.6 is 0 Å². The summed E-state index contributed by atoms with van der Waals surface area (Å²) in [6, 6.07) is 15.9. The van der Waals surface area contributed by atoms with Crippen LogP contribution in [0.25, 0.3) is 0 Å². The molecule has 4 rings (SSSR count). The molecule has 3 atom stereocenters. The molecular formula is C29H39NO5. The molecule has 6 nitrogen and oxygen atoms in total. The van der Waals surface area contributed by atoms with E-state index in [1.54, 1.807) is 7.11 Å². The molecule has 0 bridgehead atoms. The molecule has 3 unspecified atom stereocenters. The van der Waals surface area contributed by atoms with Crippen molar-refractivity contribution in [2.24, 2.45) is 5.41 Å². The molecule has 2 aliphatic rings. The van der Waals surface area contributed by atoms with Gasteiger partial charge in [-0.1, -0.05) is 43.3 Å². The third-order valence-electron chi connectivity index (χ3n) is 7.82. The van der Waals surface area contributed by atoms with Crippen molar-refractivity contribution in [2.75, 3.05) is 26.7 Å². The number of likely N-dealkylation sites (tertiary alicyclic amines) is 1. The maximum absolute atomic E-state index is 12.4. The first kappa shape index (κ1) is 25.5. The van der Waals surface area contributed by atoms with Crippen molar-refractivity contribution < 1.29 is 24.1 Å². The van der Waals surface area contributed by atoms with Crippen LogP contribution in [0.5, 0.6) is 11.5 Å². The molecule has 2 fully saturated rings. The molecular weight excluding hydrogens is 442 g/mol. The molecule has 190 valence electrons. The predicted octanol–water partition coefficient (Wildman–Crippen LogP) is 4.94. The van der Waals surface area contributed by atoms with Crippen LogP contribution in [0.1, 0.15) is 63.0 Å². The van der Waals surface area contributed by atoms with Crippen LogP contribution in [-0.2, 0) is 16.1 Å². The van der Waals surface area contributed by atoms with Gasteiger partial charge in [-0.2, -0.15) is 0 Å². The van der Waals surface area contributed by atoms with Crippen LogP contribution in [0.4, 0.5) is 0 Å². The number of nitrogens with zero attached hydrogens (tertiary/aromatic N) is 1. The fourth-order valence-electron chi connectivity index (χ4n) is 5.45. The van der Waals surface area contributed by atoms with Crippen molar-refractivity contribution in [3.8, 4) is 11.5 Å². The summed E-state index contributed by atoms with van der Waals surface area (Å²) in [4.78, 5) is 14.6. The lowest BCUT2D eigenvalue weighted by Crippen LogP contribution is -2.37. The third kappa shape index (κ3) is 6.17. The molecule has 1 saturated heterocycles. The van der Waals surface area contributed by atoms with E-state index in [9.17, 15) is 9.90 Å². The SMILES string of the molecule is COc1ccc(C2CN(CCC(=O)OCc3ccccc3)CC2(C)C(C)O)cc1OC1CCCC1. The van der Waals surface area contributed by atoms with Gasteiger partial charge in [0.25, 0.3) is 0 Å². The smallest absolute Gasteiger partial charge is 0.307 e. The van der Waals surface area contributed by atoms with Crippen LogP contribution in [0.15, 0.2) is 48.5 Å². The second-order valence-corrected chi connectivity index (χ2v) is 10.3. The highest BCUT2D eigenvalue weighted by atomic mass is 16.5. The third-order valence-corrected chi connectivity index (χ3v) is 7.82. The number of ether oxygens (including phenoxy) is 3. The molecule has 0 spiro atoms. The minimum atomic E-state index is -0.496. The number of methoxy groups -OCH3 is 1. The van der Waals surface area contributed by atoms with Gasteiger partial charge in [-0.25, -0.2) is 0 Å². The summed E-state index contributed by atoms with van der Waals surface area (Å²) in [5.74, 6) is 1.44. The van der Waals surface area contributed by atoms with Crippen molar-refractivity contribution in [1.82, 2.24) is 4.90 Å². The summed E-state index contributed by atoms with van der Waals surface area (Å²) in [6.45, 7) is 6.38. The summed E-state index contributed by atoms with van der Waals surface area (Å²) in [5, 5.41) is 10.8. The molecule has 2 aromatic rings. The first-order valence-electron chi connectivity index (χ1n) is 12.8. The lowest BCUT2D eigenvalue weighted by Gasteiger charge is -2.34. The summed E-state index contributed by atoms with van der Waals surface area (Å²) in [6.07, 6.45) is 4.64. The minimum absolute atomic E-state index is 0.111. The van der Waals surface area contributed by atoms with Gasteiger partial charge in [-0.15, -0.1) is 0 Å². The molecule has 1 saturated carbocycles. The Bertz CT molecular complexity index is 972. The van der Waals surface area contributed by atoms with Gasteiger partial charge >= 0.3 is 5.97 Å². The van der Waals surface area contributed by atoms with E-state index in [1.807, 2.05) is 43.3 Å². The second kappa shape index (κ2) is 11.4. The lowest BCUT2D eigenvalue weighted by molar-refractivity contribution is -0.145. The molecule has 1 N–H and O–H groups in total. The average molecular weight is 482 g/mol. The van der Waals surface area contributed by atoms with Crippen LogP contribution < -0.4 is 9.47 Å². The molecule has 1 aliphatic heterocycles. The normalized spacial score (nSPS) is 23.8. The van der Waals surface area contributed by atoms with Crippen molar-refractivity contribution in [2.45, 2.75) is 70.7 Å². The Balaban J connectivity index is 1.42. The number of benzene rings is 2. The van der Waals surface area contributed by atoms with Crippen LogP contribution in [0.3, 0.4) is 0 Å². The monoisotopic (exact) mass is 481 g/mol. The minimum Gasteiger partial charge on any atom is -0.493 e. The van der Waals surface area contributed by atoms with Crippen LogP contribution in [0.2, 0.25) is 0 Å². The fourth-order valence-corrected chi connectivity index (χ4v) is 5.45. The number of esters is 1. The fraction of sp³-hybridized carbons (Fsp3) is 0.552. The Morgan fingerprint density at radius 2 is 1.89 bits per heavy atom. The maximum Gasteiger partial charge on any atom is 0.307 e. The van der Waals surface area contributed by atoms with Crippen molar-refractivity contribution in [3.63, 3.8) is 0 Å². The van der Waals surface area contributed by atoms with E-state index in [0.717, 1.165) is 42.0 Å². The number of aliphatic hydroxyl groups is 1. The van der Waals surface area contributed by atoms with Crippen molar-refractivity contribution in [1.29, 1.82) is 0 Å². The Morgan fingerprint density at radius 3 is 2.57 bits per heavy atom. The summed E-state index contributed by atoms with van der Waals surface area (Å²) >= 11 is 0. The first-order chi connectivity index (χ1) is 16.9. The largest absolute Gasteiger partial charge is 0.493 e. The van der Waals surface area contributed by atoms with Gasteiger partial charge in [-0.05, 0) is 55.9 Å². The summed E-state index contributed by atoms with van der Waals surface area (Å²) in [7, 11) is 1.67. The lowest BCUT2D eigenvalue weighted by atomic mass is 9.72. The Kier molecular flexibility index (Phi) is 8.34. The molecule has 35 heavy (non-hydrogen) atoms. The van der Waals surface area contributed by atoms with E-state index in [4.69, 9.17) is 14.2 Å². The van der Waals surface area contributed by atoms with E-state index in [2.05, 4.69) is 24.0 Å². The Morgan fingerprint density at radius 1 is 1.14 bits per heavy atom. The number of carbonyl (C=O) groups is 1. The highest BCUT2D eigenvalue weighted by Crippen LogP contribution is 2.47. The van der Waals surface area contributed by atoms with Crippen molar-refractivity contribution in [3.05, 3.63) is 59.7 Å². The highest BCUT2D eigenvalue weighted by Gasteiger charge is 2.47. The van der Waals surface area contributed by atoms with Crippen LogP contribution in [-0.4, -0.2) is 54.9 Å². The number of carbonyl (C=O) groups excluding carboxylic acids is 1. The molecule has 0 radical (unpaired) electrons. The standard InChI is InChI=1S/C29H39NO5/c1-21(31)29(2)20-30(16-15-28(32)34-19-22-9-5-4-6-10-22)18-25(29)23-13-14-26(33-3)27(17-23)35-24-11-7-8-12-24/h4-6,9-10,13-14,17,21,24-25,31H,7-8,11-12,15-16,18-20H2,1-3H3. The van der Waals surface area contributed by atoms with Crippen molar-refractivity contribution >= 4 is 5.97 Å². The molecule has 1 aliphatic carbocycles. The first-order valence-corrected chi connectivity index (χ1v) is 12.8. The number of hydrogen-bond acceptors (Lipinski definition) is 6. The van der Waals surface area contributed by atoms with Gasteiger partial charge in [0.2, 0.25) is 0 Å². The van der Waals surface area contributed by atoms with Gasteiger partial charge in [-0.3, -0.25) is 4.79 Å². The maximum atomic E-state index is 12.4. The van der Waals surface area contributed by atoms with Gasteiger partial charge in [0.05, 0.1) is 25.7 Å². The van der Waals surface area contributed by atoms with Gasteiger partial charge < -0.3 is 24.2 Å². The number of aliphatic hydroxyl groups excluding tert-OH is 1. The summed E-state index contributed by atoms with van der Waals surface area (Å²) in [5.41, 5.74) is 1.78. The zero-order chi connectivity index (χ0) is 24.8.